The van der Waals surface area contributed by atoms with Crippen molar-refractivity contribution in [3.8, 4) is 0 Å². The second-order valence-electron chi connectivity index (χ2n) is 6.07. The number of rotatable bonds is 5. The van der Waals surface area contributed by atoms with Crippen LogP contribution in [0.15, 0.2) is 35.6 Å². The molecule has 0 saturated heterocycles. The number of allylic oxidation sites excluding steroid dienone is 5. The molecule has 0 saturated carbocycles. The fraction of sp³-hybridized carbons (Fsp3) is 0.533. The van der Waals surface area contributed by atoms with Gasteiger partial charge in [0.15, 0.2) is 0 Å². The summed E-state index contributed by atoms with van der Waals surface area (Å²) in [6.07, 6.45) is 5.98. The van der Waals surface area contributed by atoms with Crippen LogP contribution in [0.1, 0.15) is 40.0 Å². The minimum absolute atomic E-state index is 0.113. The fourth-order valence-corrected chi connectivity index (χ4v) is 2.18. The summed E-state index contributed by atoms with van der Waals surface area (Å²) in [5, 5.41) is 0. The standard InChI is InChI=1S/C15H19F3O5S/c1-14(2,3)22-13(19)10-8-11-5-4-6-12(9-7-11)23-24(20,21)15(16,17)18/h4,6-7,9H,5,8,10H2,1-3H3. The molecule has 0 N–H and O–H groups in total. The Labute approximate surface area is 138 Å². The maximum Gasteiger partial charge on any atom is 0.534 e. The molecule has 0 radical (unpaired) electrons. The van der Waals surface area contributed by atoms with Crippen LogP contribution in [0, 0.1) is 0 Å². The van der Waals surface area contributed by atoms with Crippen molar-refractivity contribution >= 4 is 16.1 Å². The van der Waals surface area contributed by atoms with Gasteiger partial charge in [-0.05, 0) is 45.8 Å². The van der Waals surface area contributed by atoms with Crippen molar-refractivity contribution < 1.29 is 35.3 Å². The summed E-state index contributed by atoms with van der Waals surface area (Å²) in [6, 6.07) is 0. The Bertz CT molecular complexity index is 664. The summed E-state index contributed by atoms with van der Waals surface area (Å²) in [5.41, 5.74) is -5.35. The molecule has 0 spiro atoms. The maximum atomic E-state index is 12.3. The van der Waals surface area contributed by atoms with Gasteiger partial charge in [-0.2, -0.15) is 21.6 Å². The SMILES string of the molecule is CC(C)(C)OC(=O)CCC1=CC=C(OS(=O)(=O)C(F)(F)F)C=CC1. The van der Waals surface area contributed by atoms with Crippen LogP contribution in [0.5, 0.6) is 0 Å². The molecule has 0 atom stereocenters. The van der Waals surface area contributed by atoms with Gasteiger partial charge >= 0.3 is 21.6 Å². The van der Waals surface area contributed by atoms with Gasteiger partial charge in [-0.1, -0.05) is 17.7 Å². The van der Waals surface area contributed by atoms with Gasteiger partial charge in [0.05, 0.1) is 0 Å². The Balaban J connectivity index is 2.70. The molecule has 136 valence electrons. The van der Waals surface area contributed by atoms with Crippen molar-refractivity contribution in [1.29, 1.82) is 0 Å². The lowest BCUT2D eigenvalue weighted by molar-refractivity contribution is -0.154. The van der Waals surface area contributed by atoms with Crippen LogP contribution in [-0.4, -0.2) is 25.5 Å². The molecule has 0 unspecified atom stereocenters. The van der Waals surface area contributed by atoms with E-state index in [9.17, 15) is 26.4 Å². The fourth-order valence-electron chi connectivity index (χ4n) is 1.72. The molecule has 0 aromatic heterocycles. The minimum Gasteiger partial charge on any atom is -0.460 e. The summed E-state index contributed by atoms with van der Waals surface area (Å²) >= 11 is 0. The molecule has 0 heterocycles. The molecule has 0 aromatic carbocycles. The summed E-state index contributed by atoms with van der Waals surface area (Å²) in [7, 11) is -5.70. The molecule has 24 heavy (non-hydrogen) atoms. The van der Waals surface area contributed by atoms with E-state index in [1.54, 1.807) is 20.8 Å². The highest BCUT2D eigenvalue weighted by atomic mass is 32.2. The van der Waals surface area contributed by atoms with Gasteiger partial charge in [-0.3, -0.25) is 4.79 Å². The molecule has 0 aliphatic heterocycles. The number of esters is 1. The van der Waals surface area contributed by atoms with Crippen LogP contribution in [0.3, 0.4) is 0 Å². The van der Waals surface area contributed by atoms with Gasteiger partial charge in [0.25, 0.3) is 0 Å². The molecular weight excluding hydrogens is 349 g/mol. The molecule has 1 aliphatic rings. The average molecular weight is 368 g/mol. The first-order valence-corrected chi connectivity index (χ1v) is 8.50. The summed E-state index contributed by atoms with van der Waals surface area (Å²) in [5.74, 6) is -0.837. The first-order valence-electron chi connectivity index (χ1n) is 7.09. The lowest BCUT2D eigenvalue weighted by Crippen LogP contribution is -2.25. The van der Waals surface area contributed by atoms with E-state index in [0.717, 1.165) is 17.7 Å². The highest BCUT2D eigenvalue weighted by Crippen LogP contribution is 2.28. The molecular formula is C15H19F3O5S. The highest BCUT2D eigenvalue weighted by molar-refractivity contribution is 7.87. The lowest BCUT2D eigenvalue weighted by atomic mass is 10.1. The zero-order valence-electron chi connectivity index (χ0n) is 13.5. The third-order valence-corrected chi connectivity index (χ3v) is 3.68. The monoisotopic (exact) mass is 368 g/mol. The van der Waals surface area contributed by atoms with E-state index in [0.29, 0.717) is 12.8 Å². The molecule has 0 bridgehead atoms. The molecule has 0 amide bonds. The van der Waals surface area contributed by atoms with Crippen LogP contribution >= 0.6 is 0 Å². The zero-order valence-corrected chi connectivity index (χ0v) is 14.3. The van der Waals surface area contributed by atoms with Crippen LogP contribution in [-0.2, 0) is 23.8 Å². The van der Waals surface area contributed by atoms with E-state index < -0.39 is 33.0 Å². The van der Waals surface area contributed by atoms with E-state index in [1.165, 1.54) is 12.2 Å². The Kier molecular flexibility index (Phi) is 6.26. The largest absolute Gasteiger partial charge is 0.534 e. The third-order valence-electron chi connectivity index (χ3n) is 2.71. The zero-order chi connectivity index (χ0) is 18.6. The average Bonchev–Trinajstić information content (AvgIpc) is 2.58. The Hall–Kier alpha value is -1.77. The second-order valence-corrected chi connectivity index (χ2v) is 7.61. The summed E-state index contributed by atoms with van der Waals surface area (Å²) in [4.78, 5) is 11.6. The number of carbonyl (C=O) groups excluding carboxylic acids is 1. The van der Waals surface area contributed by atoms with Crippen molar-refractivity contribution in [1.82, 2.24) is 0 Å². The van der Waals surface area contributed by atoms with Crippen LogP contribution < -0.4 is 0 Å². The minimum atomic E-state index is -5.70. The normalized spacial score (nSPS) is 16.1. The quantitative estimate of drug-likeness (QED) is 0.420. The van der Waals surface area contributed by atoms with Crippen molar-refractivity contribution in [2.75, 3.05) is 0 Å². The third kappa shape index (κ3) is 6.77. The molecule has 1 rings (SSSR count). The van der Waals surface area contributed by atoms with Gasteiger partial charge in [0.2, 0.25) is 0 Å². The first-order chi connectivity index (χ1) is 10.8. The highest BCUT2D eigenvalue weighted by Gasteiger charge is 2.48. The van der Waals surface area contributed by atoms with E-state index in [1.807, 2.05) is 0 Å². The van der Waals surface area contributed by atoms with Gasteiger partial charge in [0.1, 0.15) is 11.4 Å². The summed E-state index contributed by atoms with van der Waals surface area (Å²) in [6.45, 7) is 5.23. The predicted octanol–water partition coefficient (Wildman–Crippen LogP) is 3.74. The van der Waals surface area contributed by atoms with Crippen molar-refractivity contribution in [2.24, 2.45) is 0 Å². The molecule has 0 fully saturated rings. The van der Waals surface area contributed by atoms with Gasteiger partial charge in [-0.15, -0.1) is 0 Å². The number of hydrogen-bond acceptors (Lipinski definition) is 5. The van der Waals surface area contributed by atoms with Crippen molar-refractivity contribution in [3.05, 3.63) is 35.6 Å². The molecule has 1 aliphatic carbocycles. The predicted molar refractivity (Wildman–Crippen MR) is 81.1 cm³/mol. The Morgan fingerprint density at radius 3 is 2.38 bits per heavy atom. The van der Waals surface area contributed by atoms with Crippen LogP contribution in [0.25, 0.3) is 0 Å². The number of carbonyl (C=O) groups is 1. The van der Waals surface area contributed by atoms with E-state index in [-0.39, 0.29) is 6.42 Å². The van der Waals surface area contributed by atoms with E-state index in [4.69, 9.17) is 4.74 Å². The smallest absolute Gasteiger partial charge is 0.460 e. The lowest BCUT2D eigenvalue weighted by Gasteiger charge is -2.19. The van der Waals surface area contributed by atoms with Crippen LogP contribution in [0.4, 0.5) is 13.2 Å². The van der Waals surface area contributed by atoms with Crippen molar-refractivity contribution in [3.63, 3.8) is 0 Å². The summed E-state index contributed by atoms with van der Waals surface area (Å²) < 4.78 is 68.0. The van der Waals surface area contributed by atoms with Gasteiger partial charge in [0, 0.05) is 6.42 Å². The molecule has 9 heteroatoms. The first kappa shape index (κ1) is 20.3. The molecule has 0 aromatic rings. The van der Waals surface area contributed by atoms with Crippen molar-refractivity contribution in [2.45, 2.75) is 51.1 Å². The maximum absolute atomic E-state index is 12.3. The Morgan fingerprint density at radius 1 is 1.21 bits per heavy atom. The second kappa shape index (κ2) is 7.42. The van der Waals surface area contributed by atoms with Gasteiger partial charge in [-0.25, -0.2) is 0 Å². The number of ether oxygens (including phenoxy) is 1. The van der Waals surface area contributed by atoms with Crippen LogP contribution in [0.2, 0.25) is 0 Å². The van der Waals surface area contributed by atoms with Gasteiger partial charge < -0.3 is 8.92 Å². The van der Waals surface area contributed by atoms with E-state index in [2.05, 4.69) is 4.18 Å². The van der Waals surface area contributed by atoms with E-state index >= 15 is 0 Å². The Morgan fingerprint density at radius 2 is 1.83 bits per heavy atom. The topological polar surface area (TPSA) is 69.7 Å². The number of alkyl halides is 3. The number of halogens is 3. The molecule has 5 nitrogen and oxygen atoms in total. The number of hydrogen-bond donors (Lipinski definition) is 0.